The molecule has 3 unspecified atom stereocenters. The maximum atomic E-state index is 2.51. The Labute approximate surface area is 63.4 Å². The van der Waals surface area contributed by atoms with E-state index in [4.69, 9.17) is 0 Å². The summed E-state index contributed by atoms with van der Waals surface area (Å²) in [4.78, 5) is 2.51. The summed E-state index contributed by atoms with van der Waals surface area (Å²) in [6.07, 6.45) is 4.48. The molecule has 2 fully saturated rings. The molecule has 0 aromatic heterocycles. The van der Waals surface area contributed by atoms with Gasteiger partial charge < -0.3 is 4.90 Å². The fraction of sp³-hybridized carbons (Fsp3) is 1.00. The Balaban J connectivity index is 1.96. The molecule has 0 bridgehead atoms. The Morgan fingerprint density at radius 2 is 1.90 bits per heavy atom. The quantitative estimate of drug-likeness (QED) is 0.494. The van der Waals surface area contributed by atoms with Gasteiger partial charge in [0.05, 0.1) is 0 Å². The molecule has 0 radical (unpaired) electrons. The van der Waals surface area contributed by atoms with Crippen LogP contribution >= 0.6 is 0 Å². The zero-order valence-electron chi connectivity index (χ0n) is 7.01. The Morgan fingerprint density at radius 3 is 2.40 bits per heavy atom. The van der Waals surface area contributed by atoms with Crippen molar-refractivity contribution in [1.29, 1.82) is 0 Å². The molecule has 0 aromatic rings. The Bertz CT molecular complexity index is 113. The van der Waals surface area contributed by atoms with Crippen molar-refractivity contribution in [3.05, 3.63) is 0 Å². The molecule has 1 saturated carbocycles. The van der Waals surface area contributed by atoms with Crippen molar-refractivity contribution < 1.29 is 0 Å². The lowest BCUT2D eigenvalue weighted by molar-refractivity contribution is 0.0267. The fourth-order valence-corrected chi connectivity index (χ4v) is 2.36. The van der Waals surface area contributed by atoms with Crippen LogP contribution in [0.15, 0.2) is 0 Å². The van der Waals surface area contributed by atoms with E-state index < -0.39 is 0 Å². The zero-order valence-corrected chi connectivity index (χ0v) is 7.01. The van der Waals surface area contributed by atoms with Crippen LogP contribution in [-0.2, 0) is 0 Å². The molecule has 0 N–H and O–H groups in total. The summed E-state index contributed by atoms with van der Waals surface area (Å²) in [5.41, 5.74) is 0. The molecule has 2 aliphatic rings. The highest BCUT2D eigenvalue weighted by Gasteiger charge is 2.37. The van der Waals surface area contributed by atoms with E-state index in [0.29, 0.717) is 0 Å². The summed E-state index contributed by atoms with van der Waals surface area (Å²) in [5.74, 6) is 2.17. The molecule has 58 valence electrons. The minimum Gasteiger partial charge on any atom is -0.303 e. The summed E-state index contributed by atoms with van der Waals surface area (Å²) < 4.78 is 0. The van der Waals surface area contributed by atoms with Gasteiger partial charge >= 0.3 is 0 Å². The van der Waals surface area contributed by atoms with Gasteiger partial charge in [0.1, 0.15) is 0 Å². The van der Waals surface area contributed by atoms with Crippen LogP contribution in [0, 0.1) is 11.8 Å². The molecule has 0 amide bonds. The van der Waals surface area contributed by atoms with Crippen LogP contribution in [0.5, 0.6) is 0 Å². The second-order valence-corrected chi connectivity index (χ2v) is 4.12. The third-order valence-electron chi connectivity index (χ3n) is 3.49. The van der Waals surface area contributed by atoms with Gasteiger partial charge in [0.2, 0.25) is 0 Å². The lowest BCUT2D eigenvalue weighted by atomic mass is 9.68. The summed E-state index contributed by atoms with van der Waals surface area (Å²) in [7, 11) is 2.26. The van der Waals surface area contributed by atoms with Crippen molar-refractivity contribution in [3.63, 3.8) is 0 Å². The van der Waals surface area contributed by atoms with Crippen LogP contribution in [-0.4, -0.2) is 24.5 Å². The smallest absolute Gasteiger partial charge is 0.00667 e. The maximum absolute atomic E-state index is 2.51. The highest BCUT2D eigenvalue weighted by atomic mass is 15.1. The van der Waals surface area contributed by atoms with E-state index >= 15 is 0 Å². The van der Waals surface area contributed by atoms with Crippen LogP contribution in [0.4, 0.5) is 0 Å². The van der Waals surface area contributed by atoms with Crippen LogP contribution in [0.3, 0.4) is 0 Å². The van der Waals surface area contributed by atoms with Gasteiger partial charge in [-0.05, 0) is 45.1 Å². The normalized spacial score (nSPS) is 48.0. The number of rotatable bonds is 0. The number of piperidine rings is 1. The highest BCUT2D eigenvalue weighted by molar-refractivity contribution is 4.90. The second kappa shape index (κ2) is 2.23. The lowest BCUT2D eigenvalue weighted by Gasteiger charge is -2.47. The standard InChI is InChI=1S/C9H17N/c1-7-5-8-3-4-9(8)6-10(7)2/h7-9H,3-6H2,1-2H3. The van der Waals surface area contributed by atoms with E-state index in [1.54, 1.807) is 0 Å². The monoisotopic (exact) mass is 139 g/mol. The molecule has 10 heavy (non-hydrogen) atoms. The van der Waals surface area contributed by atoms with Crippen molar-refractivity contribution in [2.75, 3.05) is 13.6 Å². The molecule has 3 atom stereocenters. The number of fused-ring (bicyclic) bond motifs is 1. The zero-order chi connectivity index (χ0) is 7.14. The summed E-state index contributed by atoms with van der Waals surface area (Å²) >= 11 is 0. The van der Waals surface area contributed by atoms with E-state index in [9.17, 15) is 0 Å². The van der Waals surface area contributed by atoms with Gasteiger partial charge in [-0.25, -0.2) is 0 Å². The van der Waals surface area contributed by atoms with E-state index in [2.05, 4.69) is 18.9 Å². The van der Waals surface area contributed by atoms with Gasteiger partial charge in [-0.15, -0.1) is 0 Å². The molecular weight excluding hydrogens is 122 g/mol. The molecular formula is C9H17N. The number of hydrogen-bond acceptors (Lipinski definition) is 1. The third-order valence-corrected chi connectivity index (χ3v) is 3.49. The van der Waals surface area contributed by atoms with Crippen molar-refractivity contribution in [2.24, 2.45) is 11.8 Å². The molecule has 2 rings (SSSR count). The molecule has 1 heterocycles. The SMILES string of the molecule is CC1CC2CCC2CN1C. The molecule has 1 nitrogen and oxygen atoms in total. The summed E-state index contributed by atoms with van der Waals surface area (Å²) in [6, 6.07) is 0.849. The molecule has 0 aromatic carbocycles. The summed E-state index contributed by atoms with van der Waals surface area (Å²) in [5, 5.41) is 0. The van der Waals surface area contributed by atoms with Crippen LogP contribution in [0.1, 0.15) is 26.2 Å². The molecule has 1 heteroatoms. The van der Waals surface area contributed by atoms with Crippen molar-refractivity contribution >= 4 is 0 Å². The Morgan fingerprint density at radius 1 is 1.20 bits per heavy atom. The predicted octanol–water partition coefficient (Wildman–Crippen LogP) is 1.74. The first-order valence-corrected chi connectivity index (χ1v) is 4.47. The number of hydrogen-bond donors (Lipinski definition) is 0. The van der Waals surface area contributed by atoms with Crippen molar-refractivity contribution in [2.45, 2.75) is 32.2 Å². The van der Waals surface area contributed by atoms with Crippen LogP contribution in [0.2, 0.25) is 0 Å². The number of likely N-dealkylation sites (tertiary alicyclic amines) is 1. The van der Waals surface area contributed by atoms with Gasteiger partial charge in [-0.1, -0.05) is 0 Å². The van der Waals surface area contributed by atoms with Gasteiger partial charge in [-0.3, -0.25) is 0 Å². The number of nitrogens with zero attached hydrogens (tertiary/aromatic N) is 1. The minimum atomic E-state index is 0.849. The molecule has 1 aliphatic carbocycles. The highest BCUT2D eigenvalue weighted by Crippen LogP contribution is 2.41. The first-order chi connectivity index (χ1) is 4.77. The second-order valence-electron chi connectivity index (χ2n) is 4.12. The van der Waals surface area contributed by atoms with Gasteiger partial charge in [0.15, 0.2) is 0 Å². The van der Waals surface area contributed by atoms with Crippen molar-refractivity contribution in [3.8, 4) is 0 Å². The van der Waals surface area contributed by atoms with Gasteiger partial charge in [-0.2, -0.15) is 0 Å². The fourth-order valence-electron chi connectivity index (χ4n) is 2.36. The maximum Gasteiger partial charge on any atom is 0.00667 e. The average molecular weight is 139 g/mol. The molecule has 1 aliphatic heterocycles. The van der Waals surface area contributed by atoms with Gasteiger partial charge in [0.25, 0.3) is 0 Å². The van der Waals surface area contributed by atoms with Gasteiger partial charge in [0, 0.05) is 12.6 Å². The molecule has 0 spiro atoms. The van der Waals surface area contributed by atoms with E-state index in [-0.39, 0.29) is 0 Å². The van der Waals surface area contributed by atoms with E-state index in [1.807, 2.05) is 0 Å². The Kier molecular flexibility index (Phi) is 1.48. The third kappa shape index (κ3) is 0.878. The van der Waals surface area contributed by atoms with Crippen molar-refractivity contribution in [1.82, 2.24) is 4.90 Å². The first kappa shape index (κ1) is 6.66. The topological polar surface area (TPSA) is 3.24 Å². The average Bonchev–Trinajstić information content (AvgIpc) is 1.89. The van der Waals surface area contributed by atoms with E-state index in [0.717, 1.165) is 17.9 Å². The van der Waals surface area contributed by atoms with E-state index in [1.165, 1.54) is 25.8 Å². The molecule has 1 saturated heterocycles. The lowest BCUT2D eigenvalue weighted by Crippen LogP contribution is -2.47. The summed E-state index contributed by atoms with van der Waals surface area (Å²) in [6.45, 7) is 3.72. The largest absolute Gasteiger partial charge is 0.303 e. The minimum absolute atomic E-state index is 0.849. The Hall–Kier alpha value is -0.0400. The first-order valence-electron chi connectivity index (χ1n) is 4.47. The van der Waals surface area contributed by atoms with Crippen LogP contribution in [0.25, 0.3) is 0 Å². The predicted molar refractivity (Wildman–Crippen MR) is 42.9 cm³/mol. The van der Waals surface area contributed by atoms with Crippen LogP contribution < -0.4 is 0 Å².